The maximum absolute atomic E-state index is 11.2. The summed E-state index contributed by atoms with van der Waals surface area (Å²) in [4.78, 5) is 15.3. The summed E-state index contributed by atoms with van der Waals surface area (Å²) in [5, 5.41) is 3.44. The lowest BCUT2D eigenvalue weighted by molar-refractivity contribution is 0.0594. The fourth-order valence-electron chi connectivity index (χ4n) is 1.97. The molecule has 1 atom stereocenters. The Balaban J connectivity index is 2.09. The van der Waals surface area contributed by atoms with Crippen LogP contribution in [0.25, 0.3) is 0 Å². The van der Waals surface area contributed by atoms with E-state index in [0.29, 0.717) is 11.7 Å². The van der Waals surface area contributed by atoms with E-state index in [1.807, 2.05) is 6.07 Å². The van der Waals surface area contributed by atoms with E-state index in [4.69, 9.17) is 0 Å². The number of carbonyl (C=O) groups is 1. The number of hydrogen-bond acceptors (Lipinski definition) is 4. The van der Waals surface area contributed by atoms with Crippen LogP contribution >= 0.6 is 0 Å². The molecule has 1 fully saturated rings. The molecular weight excluding hydrogens is 204 g/mol. The zero-order chi connectivity index (χ0) is 11.4. The number of ether oxygens (including phenoxy) is 1. The minimum absolute atomic E-state index is 0.363. The molecule has 1 aliphatic rings. The normalized spacial score (nSPS) is 20.4. The van der Waals surface area contributed by atoms with Crippen molar-refractivity contribution in [3.8, 4) is 0 Å². The Kier molecular flexibility index (Phi) is 3.51. The van der Waals surface area contributed by atoms with Crippen molar-refractivity contribution in [2.45, 2.75) is 25.3 Å². The number of hydrogen-bond donors (Lipinski definition) is 1. The molecule has 0 aliphatic carbocycles. The summed E-state index contributed by atoms with van der Waals surface area (Å²) in [6, 6.07) is 4.05. The lowest BCUT2D eigenvalue weighted by Crippen LogP contribution is -2.26. The summed E-state index contributed by atoms with van der Waals surface area (Å²) < 4.78 is 4.60. The highest BCUT2D eigenvalue weighted by atomic mass is 16.5. The van der Waals surface area contributed by atoms with Gasteiger partial charge in [-0.15, -0.1) is 0 Å². The number of aromatic nitrogens is 1. The largest absolute Gasteiger partial charge is 0.464 e. The van der Waals surface area contributed by atoms with E-state index < -0.39 is 0 Å². The number of carbonyl (C=O) groups excluding carboxylic acids is 1. The van der Waals surface area contributed by atoms with Crippen LogP contribution in [0.15, 0.2) is 18.3 Å². The Hall–Kier alpha value is -1.42. The number of piperidine rings is 1. The number of nitrogens with one attached hydrogen (secondary N) is 1. The van der Waals surface area contributed by atoms with Crippen LogP contribution in [0.5, 0.6) is 0 Å². The molecule has 1 aromatic rings. The molecule has 1 aromatic heterocycles. The highest BCUT2D eigenvalue weighted by Gasteiger charge is 2.15. The molecule has 1 N–H and O–H groups in total. The predicted molar refractivity (Wildman–Crippen MR) is 60.2 cm³/mol. The second-order valence-electron chi connectivity index (χ2n) is 3.97. The van der Waals surface area contributed by atoms with Crippen LogP contribution in [0.3, 0.4) is 0 Å². The second kappa shape index (κ2) is 5.07. The molecular formula is C12H16N2O2. The fourth-order valence-corrected chi connectivity index (χ4v) is 1.97. The zero-order valence-corrected chi connectivity index (χ0v) is 9.40. The SMILES string of the molecule is COC(=O)c1ccc([C@@H]2CCCCN2)cn1. The van der Waals surface area contributed by atoms with Crippen LogP contribution in [0.1, 0.15) is 41.4 Å². The maximum Gasteiger partial charge on any atom is 0.356 e. The monoisotopic (exact) mass is 220 g/mol. The molecule has 2 heterocycles. The van der Waals surface area contributed by atoms with Gasteiger partial charge in [0.2, 0.25) is 0 Å². The number of pyridine rings is 1. The highest BCUT2D eigenvalue weighted by Crippen LogP contribution is 2.22. The van der Waals surface area contributed by atoms with Crippen molar-refractivity contribution in [1.29, 1.82) is 0 Å². The summed E-state index contributed by atoms with van der Waals surface area (Å²) in [6.07, 6.45) is 5.38. The molecule has 4 nitrogen and oxygen atoms in total. The van der Waals surface area contributed by atoms with Gasteiger partial charge in [0.05, 0.1) is 7.11 Å². The van der Waals surface area contributed by atoms with Crippen LogP contribution in [-0.2, 0) is 4.74 Å². The van der Waals surface area contributed by atoms with Crippen LogP contribution in [0, 0.1) is 0 Å². The minimum Gasteiger partial charge on any atom is -0.464 e. The third-order valence-corrected chi connectivity index (χ3v) is 2.89. The maximum atomic E-state index is 11.2. The third-order valence-electron chi connectivity index (χ3n) is 2.89. The van der Waals surface area contributed by atoms with Gasteiger partial charge in [0, 0.05) is 12.2 Å². The molecule has 1 saturated heterocycles. The predicted octanol–water partition coefficient (Wildman–Crippen LogP) is 1.68. The molecule has 0 bridgehead atoms. The molecule has 0 spiro atoms. The van der Waals surface area contributed by atoms with E-state index in [0.717, 1.165) is 18.5 Å². The number of rotatable bonds is 2. The van der Waals surface area contributed by atoms with Crippen molar-refractivity contribution in [2.24, 2.45) is 0 Å². The molecule has 0 unspecified atom stereocenters. The van der Waals surface area contributed by atoms with Gasteiger partial charge in [0.1, 0.15) is 5.69 Å². The lowest BCUT2D eigenvalue weighted by Gasteiger charge is -2.23. The molecule has 0 aromatic carbocycles. The standard InChI is InChI=1S/C12H16N2O2/c1-16-12(15)11-6-5-9(8-14-11)10-4-2-3-7-13-10/h5-6,8,10,13H,2-4,7H2,1H3/t10-/m0/s1. The van der Waals surface area contributed by atoms with E-state index >= 15 is 0 Å². The summed E-state index contributed by atoms with van der Waals surface area (Å²) in [5.41, 5.74) is 1.51. The number of methoxy groups -OCH3 is 1. The van der Waals surface area contributed by atoms with Crippen LogP contribution in [-0.4, -0.2) is 24.6 Å². The summed E-state index contributed by atoms with van der Waals surface area (Å²) in [5.74, 6) is -0.386. The number of nitrogens with zero attached hydrogens (tertiary/aromatic N) is 1. The summed E-state index contributed by atoms with van der Waals surface area (Å²) in [7, 11) is 1.36. The van der Waals surface area contributed by atoms with Gasteiger partial charge < -0.3 is 10.1 Å². The van der Waals surface area contributed by atoms with Gasteiger partial charge in [-0.05, 0) is 31.0 Å². The smallest absolute Gasteiger partial charge is 0.356 e. The van der Waals surface area contributed by atoms with Crippen LogP contribution in [0.4, 0.5) is 0 Å². The van der Waals surface area contributed by atoms with Crippen molar-refractivity contribution in [3.05, 3.63) is 29.6 Å². The number of esters is 1. The first-order valence-electron chi connectivity index (χ1n) is 5.59. The van der Waals surface area contributed by atoms with Gasteiger partial charge in [-0.2, -0.15) is 0 Å². The van der Waals surface area contributed by atoms with Crippen LogP contribution < -0.4 is 5.32 Å². The Labute approximate surface area is 95.0 Å². The van der Waals surface area contributed by atoms with Gasteiger partial charge in [-0.1, -0.05) is 12.5 Å². The first-order chi connectivity index (χ1) is 7.81. The van der Waals surface area contributed by atoms with Gasteiger partial charge in [-0.3, -0.25) is 0 Å². The first kappa shape index (κ1) is 11.1. The Morgan fingerprint density at radius 2 is 2.38 bits per heavy atom. The third kappa shape index (κ3) is 2.39. The van der Waals surface area contributed by atoms with E-state index in [-0.39, 0.29) is 5.97 Å². The highest BCUT2D eigenvalue weighted by molar-refractivity contribution is 5.86. The summed E-state index contributed by atoms with van der Waals surface area (Å²) in [6.45, 7) is 1.06. The lowest BCUT2D eigenvalue weighted by atomic mass is 9.99. The topological polar surface area (TPSA) is 51.2 Å². The van der Waals surface area contributed by atoms with Gasteiger partial charge in [-0.25, -0.2) is 9.78 Å². The molecule has 0 amide bonds. The molecule has 0 radical (unpaired) electrons. The first-order valence-corrected chi connectivity index (χ1v) is 5.59. The molecule has 86 valence electrons. The quantitative estimate of drug-likeness (QED) is 0.770. The van der Waals surface area contributed by atoms with Crippen molar-refractivity contribution in [1.82, 2.24) is 10.3 Å². The Bertz CT molecular complexity index is 356. The molecule has 4 heteroatoms. The average molecular weight is 220 g/mol. The van der Waals surface area contributed by atoms with Crippen molar-refractivity contribution in [3.63, 3.8) is 0 Å². The van der Waals surface area contributed by atoms with Crippen LogP contribution in [0.2, 0.25) is 0 Å². The Morgan fingerprint density at radius 1 is 1.50 bits per heavy atom. The van der Waals surface area contributed by atoms with E-state index in [1.165, 1.54) is 20.0 Å². The van der Waals surface area contributed by atoms with Crippen molar-refractivity contribution < 1.29 is 9.53 Å². The van der Waals surface area contributed by atoms with E-state index in [2.05, 4.69) is 15.0 Å². The molecule has 2 rings (SSSR count). The van der Waals surface area contributed by atoms with E-state index in [1.54, 1.807) is 12.3 Å². The van der Waals surface area contributed by atoms with Gasteiger partial charge in [0.15, 0.2) is 0 Å². The molecule has 1 aliphatic heterocycles. The molecule has 16 heavy (non-hydrogen) atoms. The second-order valence-corrected chi connectivity index (χ2v) is 3.97. The zero-order valence-electron chi connectivity index (χ0n) is 9.40. The minimum atomic E-state index is -0.386. The van der Waals surface area contributed by atoms with Crippen molar-refractivity contribution in [2.75, 3.05) is 13.7 Å². The average Bonchev–Trinajstić information content (AvgIpc) is 2.39. The van der Waals surface area contributed by atoms with Crippen molar-refractivity contribution >= 4 is 5.97 Å². The summed E-state index contributed by atoms with van der Waals surface area (Å²) >= 11 is 0. The molecule has 0 saturated carbocycles. The van der Waals surface area contributed by atoms with Gasteiger partial charge in [0.25, 0.3) is 0 Å². The van der Waals surface area contributed by atoms with E-state index in [9.17, 15) is 4.79 Å². The fraction of sp³-hybridized carbons (Fsp3) is 0.500. The Morgan fingerprint density at radius 3 is 2.94 bits per heavy atom. The van der Waals surface area contributed by atoms with Gasteiger partial charge >= 0.3 is 5.97 Å².